The van der Waals surface area contributed by atoms with E-state index < -0.39 is 0 Å². The molecule has 64 valence electrons. The molecule has 0 atom stereocenters. The van der Waals surface area contributed by atoms with Crippen molar-refractivity contribution in [3.63, 3.8) is 0 Å². The van der Waals surface area contributed by atoms with Gasteiger partial charge in [0.15, 0.2) is 0 Å². The van der Waals surface area contributed by atoms with Crippen LogP contribution in [0, 0.1) is 5.92 Å². The molecule has 0 aliphatic carbocycles. The van der Waals surface area contributed by atoms with E-state index in [-0.39, 0.29) is 5.92 Å². The first-order chi connectivity index (χ1) is 5.25. The highest BCUT2D eigenvalue weighted by atomic mass is 16.2. The van der Waals surface area contributed by atoms with Gasteiger partial charge in [0.1, 0.15) is 0 Å². The average Bonchev–Trinajstić information content (AvgIpc) is 1.84. The van der Waals surface area contributed by atoms with E-state index in [1.54, 1.807) is 0 Å². The Morgan fingerprint density at radius 3 is 2.64 bits per heavy atom. The molecule has 11 heavy (non-hydrogen) atoms. The van der Waals surface area contributed by atoms with Crippen molar-refractivity contribution in [2.24, 2.45) is 5.92 Å². The summed E-state index contributed by atoms with van der Waals surface area (Å²) >= 11 is 0. The van der Waals surface area contributed by atoms with Crippen molar-refractivity contribution < 1.29 is 4.79 Å². The third-order valence-corrected chi connectivity index (χ3v) is 2.07. The number of carbonyl (C=O) groups is 1. The topological polar surface area (TPSA) is 32.3 Å². The maximum Gasteiger partial charge on any atom is 0.227 e. The van der Waals surface area contributed by atoms with Crippen molar-refractivity contribution in [1.82, 2.24) is 10.2 Å². The first-order valence-electron chi connectivity index (χ1n) is 4.21. The van der Waals surface area contributed by atoms with E-state index in [4.69, 9.17) is 0 Å². The molecule has 0 aromatic carbocycles. The Balaban J connectivity index is 2.27. The SMILES string of the molecule is CCCN(C)C(=O)C1CNC1. The Kier molecular flexibility index (Phi) is 2.88. The number of rotatable bonds is 3. The van der Waals surface area contributed by atoms with Crippen molar-refractivity contribution in [1.29, 1.82) is 0 Å². The molecule has 0 aromatic heterocycles. The molecule has 1 heterocycles. The smallest absolute Gasteiger partial charge is 0.227 e. The van der Waals surface area contributed by atoms with Gasteiger partial charge >= 0.3 is 0 Å². The second kappa shape index (κ2) is 3.72. The van der Waals surface area contributed by atoms with Crippen molar-refractivity contribution in [3.05, 3.63) is 0 Å². The van der Waals surface area contributed by atoms with Gasteiger partial charge in [-0.1, -0.05) is 6.92 Å². The number of nitrogens with one attached hydrogen (secondary N) is 1. The molecule has 1 N–H and O–H groups in total. The molecule has 0 spiro atoms. The molecule has 1 rings (SSSR count). The van der Waals surface area contributed by atoms with Crippen LogP contribution in [0.5, 0.6) is 0 Å². The summed E-state index contributed by atoms with van der Waals surface area (Å²) in [4.78, 5) is 13.2. The van der Waals surface area contributed by atoms with Gasteiger partial charge < -0.3 is 10.2 Å². The fourth-order valence-corrected chi connectivity index (χ4v) is 1.22. The minimum absolute atomic E-state index is 0.256. The second-order valence-electron chi connectivity index (χ2n) is 3.11. The monoisotopic (exact) mass is 156 g/mol. The van der Waals surface area contributed by atoms with Crippen LogP contribution in [0.1, 0.15) is 13.3 Å². The fraction of sp³-hybridized carbons (Fsp3) is 0.875. The van der Waals surface area contributed by atoms with Gasteiger partial charge in [-0.15, -0.1) is 0 Å². The zero-order chi connectivity index (χ0) is 8.27. The van der Waals surface area contributed by atoms with Gasteiger partial charge in [0.2, 0.25) is 5.91 Å². The van der Waals surface area contributed by atoms with Crippen molar-refractivity contribution >= 4 is 5.91 Å². The standard InChI is InChI=1S/C8H16N2O/c1-3-4-10(2)8(11)7-5-9-6-7/h7,9H,3-6H2,1-2H3. The molecule has 1 amide bonds. The van der Waals surface area contributed by atoms with E-state index in [0.717, 1.165) is 26.1 Å². The molecule has 1 fully saturated rings. The van der Waals surface area contributed by atoms with Crippen LogP contribution in [-0.4, -0.2) is 37.5 Å². The molecule has 0 saturated carbocycles. The third kappa shape index (κ3) is 1.93. The zero-order valence-corrected chi connectivity index (χ0v) is 7.26. The molecule has 1 aliphatic rings. The van der Waals surface area contributed by atoms with Crippen molar-refractivity contribution in [2.75, 3.05) is 26.7 Å². The minimum atomic E-state index is 0.256. The lowest BCUT2D eigenvalue weighted by Crippen LogP contribution is -2.51. The van der Waals surface area contributed by atoms with Crippen LogP contribution >= 0.6 is 0 Å². The van der Waals surface area contributed by atoms with Gasteiger partial charge in [0.05, 0.1) is 5.92 Å². The fourth-order valence-electron chi connectivity index (χ4n) is 1.22. The first-order valence-corrected chi connectivity index (χ1v) is 4.21. The summed E-state index contributed by atoms with van der Waals surface area (Å²) in [5, 5.41) is 3.09. The van der Waals surface area contributed by atoms with Gasteiger partial charge in [0, 0.05) is 26.7 Å². The molecule has 0 bridgehead atoms. The summed E-state index contributed by atoms with van der Waals surface area (Å²) in [5.41, 5.74) is 0. The van der Waals surface area contributed by atoms with Crippen LogP contribution in [0.4, 0.5) is 0 Å². The van der Waals surface area contributed by atoms with E-state index in [2.05, 4.69) is 12.2 Å². The van der Waals surface area contributed by atoms with Gasteiger partial charge in [-0.2, -0.15) is 0 Å². The van der Waals surface area contributed by atoms with E-state index in [0.29, 0.717) is 5.91 Å². The molecule has 3 heteroatoms. The molecular weight excluding hydrogens is 140 g/mol. The van der Waals surface area contributed by atoms with Crippen molar-refractivity contribution in [3.8, 4) is 0 Å². The summed E-state index contributed by atoms with van der Waals surface area (Å²) in [6.07, 6.45) is 1.04. The lowest BCUT2D eigenvalue weighted by Gasteiger charge is -2.30. The molecule has 1 aliphatic heterocycles. The number of carbonyl (C=O) groups excluding carboxylic acids is 1. The normalized spacial score (nSPS) is 17.6. The molecule has 0 unspecified atom stereocenters. The van der Waals surface area contributed by atoms with Gasteiger partial charge in [-0.25, -0.2) is 0 Å². The Hall–Kier alpha value is -0.570. The van der Waals surface area contributed by atoms with Gasteiger partial charge in [-0.3, -0.25) is 4.79 Å². The average molecular weight is 156 g/mol. The quantitative estimate of drug-likeness (QED) is 0.627. The Bertz CT molecular complexity index is 143. The number of hydrogen-bond donors (Lipinski definition) is 1. The second-order valence-corrected chi connectivity index (χ2v) is 3.11. The van der Waals surface area contributed by atoms with E-state index >= 15 is 0 Å². The summed E-state index contributed by atoms with van der Waals surface area (Å²) < 4.78 is 0. The molecule has 1 saturated heterocycles. The summed E-state index contributed by atoms with van der Waals surface area (Å²) in [6, 6.07) is 0. The number of amides is 1. The highest BCUT2D eigenvalue weighted by molar-refractivity contribution is 5.79. The predicted octanol–water partition coefficient (Wildman–Crippen LogP) is 0.0742. The maximum absolute atomic E-state index is 11.4. The van der Waals surface area contributed by atoms with E-state index in [1.165, 1.54) is 0 Å². The Labute approximate surface area is 67.8 Å². The van der Waals surface area contributed by atoms with Crippen LogP contribution in [-0.2, 0) is 4.79 Å². The molecule has 0 radical (unpaired) electrons. The number of hydrogen-bond acceptors (Lipinski definition) is 2. The lowest BCUT2D eigenvalue weighted by molar-refractivity contribution is -0.135. The van der Waals surface area contributed by atoms with Crippen LogP contribution in [0.25, 0.3) is 0 Å². The van der Waals surface area contributed by atoms with Crippen molar-refractivity contribution in [2.45, 2.75) is 13.3 Å². The Morgan fingerprint density at radius 2 is 2.27 bits per heavy atom. The van der Waals surface area contributed by atoms with Gasteiger partial charge in [0.25, 0.3) is 0 Å². The third-order valence-electron chi connectivity index (χ3n) is 2.07. The molecule has 0 aromatic rings. The van der Waals surface area contributed by atoms with Gasteiger partial charge in [-0.05, 0) is 6.42 Å². The summed E-state index contributed by atoms with van der Waals surface area (Å²) in [7, 11) is 1.88. The van der Waals surface area contributed by atoms with Crippen LogP contribution in [0.2, 0.25) is 0 Å². The lowest BCUT2D eigenvalue weighted by atomic mass is 10.0. The minimum Gasteiger partial charge on any atom is -0.345 e. The predicted molar refractivity (Wildman–Crippen MR) is 44.3 cm³/mol. The maximum atomic E-state index is 11.4. The first kappa shape index (κ1) is 8.53. The number of nitrogens with zero attached hydrogens (tertiary/aromatic N) is 1. The molecule has 3 nitrogen and oxygen atoms in total. The van der Waals surface area contributed by atoms with E-state index in [1.807, 2.05) is 11.9 Å². The summed E-state index contributed by atoms with van der Waals surface area (Å²) in [5.74, 6) is 0.553. The summed E-state index contributed by atoms with van der Waals surface area (Å²) in [6.45, 7) is 4.71. The van der Waals surface area contributed by atoms with Crippen LogP contribution < -0.4 is 5.32 Å². The van der Waals surface area contributed by atoms with E-state index in [9.17, 15) is 4.79 Å². The van der Waals surface area contributed by atoms with Crippen LogP contribution in [0.3, 0.4) is 0 Å². The highest BCUT2D eigenvalue weighted by Gasteiger charge is 2.26. The Morgan fingerprint density at radius 1 is 1.64 bits per heavy atom. The van der Waals surface area contributed by atoms with Crippen LogP contribution in [0.15, 0.2) is 0 Å². The molecular formula is C8H16N2O. The zero-order valence-electron chi connectivity index (χ0n) is 7.26. The largest absolute Gasteiger partial charge is 0.345 e. The highest BCUT2D eigenvalue weighted by Crippen LogP contribution is 2.06.